The Morgan fingerprint density at radius 1 is 1.21 bits per heavy atom. The number of rotatable bonds is 7. The summed E-state index contributed by atoms with van der Waals surface area (Å²) in [6.45, 7) is 4.79. The van der Waals surface area contributed by atoms with Crippen molar-refractivity contribution >= 4 is 17.6 Å². The van der Waals surface area contributed by atoms with Gasteiger partial charge in [-0.2, -0.15) is 0 Å². The third-order valence-electron chi connectivity index (χ3n) is 6.64. The molecule has 7 nitrogen and oxygen atoms in total. The first-order valence-electron chi connectivity index (χ1n) is 11.5. The van der Waals surface area contributed by atoms with Crippen molar-refractivity contribution < 1.29 is 18.7 Å². The van der Waals surface area contributed by atoms with E-state index < -0.39 is 11.4 Å². The summed E-state index contributed by atoms with van der Waals surface area (Å²) in [5, 5.41) is 3.10. The zero-order chi connectivity index (χ0) is 23.4. The van der Waals surface area contributed by atoms with Gasteiger partial charge in [-0.1, -0.05) is 12.1 Å². The van der Waals surface area contributed by atoms with Crippen molar-refractivity contribution in [3.05, 3.63) is 53.5 Å². The third kappa shape index (κ3) is 5.43. The van der Waals surface area contributed by atoms with Gasteiger partial charge in [-0.05, 0) is 56.0 Å². The molecule has 2 amide bonds. The first kappa shape index (κ1) is 23.0. The van der Waals surface area contributed by atoms with Gasteiger partial charge in [0.1, 0.15) is 5.82 Å². The Morgan fingerprint density at radius 3 is 2.67 bits per heavy atom. The average molecular weight is 455 g/mol. The molecule has 4 rings (SSSR count). The summed E-state index contributed by atoms with van der Waals surface area (Å²) >= 11 is 0. The second-order valence-electron chi connectivity index (χ2n) is 8.98. The highest BCUT2D eigenvalue weighted by Crippen LogP contribution is 2.31. The van der Waals surface area contributed by atoms with Crippen LogP contribution >= 0.6 is 0 Å². The molecule has 0 saturated carbocycles. The molecule has 1 atom stereocenters. The van der Waals surface area contributed by atoms with Crippen LogP contribution in [0.25, 0.3) is 0 Å². The van der Waals surface area contributed by atoms with E-state index in [9.17, 15) is 14.0 Å². The van der Waals surface area contributed by atoms with Crippen molar-refractivity contribution in [3.63, 3.8) is 0 Å². The van der Waals surface area contributed by atoms with E-state index in [1.807, 2.05) is 30.0 Å². The Balaban J connectivity index is 1.35. The number of piperazine rings is 1. The smallest absolute Gasteiger partial charge is 0.222 e. The molecular weight excluding hydrogens is 423 g/mol. The van der Waals surface area contributed by atoms with Crippen molar-refractivity contribution in [3.8, 4) is 5.75 Å². The van der Waals surface area contributed by atoms with Crippen LogP contribution in [0, 0.1) is 12.7 Å². The van der Waals surface area contributed by atoms with Crippen molar-refractivity contribution in [2.24, 2.45) is 0 Å². The molecule has 33 heavy (non-hydrogen) atoms. The average Bonchev–Trinajstić information content (AvgIpc) is 3.19. The Hall–Kier alpha value is -3.16. The van der Waals surface area contributed by atoms with E-state index in [0.717, 1.165) is 30.2 Å². The zero-order valence-electron chi connectivity index (χ0n) is 19.3. The van der Waals surface area contributed by atoms with Crippen molar-refractivity contribution in [1.29, 1.82) is 0 Å². The fourth-order valence-electron chi connectivity index (χ4n) is 4.78. The van der Waals surface area contributed by atoms with Gasteiger partial charge in [-0.25, -0.2) is 9.37 Å². The summed E-state index contributed by atoms with van der Waals surface area (Å²) in [4.78, 5) is 33.7. The fraction of sp³-hybridized carbons (Fsp3) is 0.480. The Kier molecular flexibility index (Phi) is 6.81. The Labute approximate surface area is 193 Å². The number of hydrogen-bond donors (Lipinski definition) is 1. The van der Waals surface area contributed by atoms with Gasteiger partial charge >= 0.3 is 0 Å². The van der Waals surface area contributed by atoms with Crippen LogP contribution in [0.2, 0.25) is 0 Å². The van der Waals surface area contributed by atoms with Gasteiger partial charge < -0.3 is 19.9 Å². The summed E-state index contributed by atoms with van der Waals surface area (Å²) in [5.41, 5.74) is 1.36. The van der Waals surface area contributed by atoms with Gasteiger partial charge in [0, 0.05) is 50.3 Å². The number of anilines is 1. The molecule has 1 N–H and O–H groups in total. The maximum atomic E-state index is 13.8. The van der Waals surface area contributed by atoms with Gasteiger partial charge in [0.15, 0.2) is 11.6 Å². The normalized spacial score (nSPS) is 20.6. The van der Waals surface area contributed by atoms with Crippen LogP contribution in [-0.2, 0) is 16.0 Å². The molecule has 0 radical (unpaired) electrons. The number of halogens is 1. The summed E-state index contributed by atoms with van der Waals surface area (Å²) < 4.78 is 18.9. The fourth-order valence-corrected chi connectivity index (χ4v) is 4.78. The monoisotopic (exact) mass is 454 g/mol. The molecule has 1 aromatic carbocycles. The number of aromatic nitrogens is 1. The molecule has 2 aliphatic rings. The van der Waals surface area contributed by atoms with Gasteiger partial charge in [0.2, 0.25) is 11.8 Å². The van der Waals surface area contributed by atoms with Crippen LogP contribution in [0.3, 0.4) is 0 Å². The molecule has 1 unspecified atom stereocenters. The topological polar surface area (TPSA) is 74.8 Å². The number of carbonyl (C=O) groups is 2. The minimum absolute atomic E-state index is 0.00389. The number of carbonyl (C=O) groups excluding carboxylic acids is 2. The van der Waals surface area contributed by atoms with E-state index >= 15 is 0 Å². The summed E-state index contributed by atoms with van der Waals surface area (Å²) in [7, 11) is 1.43. The lowest BCUT2D eigenvalue weighted by Gasteiger charge is -2.36. The van der Waals surface area contributed by atoms with Gasteiger partial charge in [-0.3, -0.25) is 9.59 Å². The first-order chi connectivity index (χ1) is 15.9. The lowest BCUT2D eigenvalue weighted by Crippen LogP contribution is -2.50. The predicted octanol–water partition coefficient (Wildman–Crippen LogP) is 2.86. The highest BCUT2D eigenvalue weighted by Gasteiger charge is 2.38. The number of benzene rings is 1. The second kappa shape index (κ2) is 9.77. The largest absolute Gasteiger partial charge is 0.494 e. The van der Waals surface area contributed by atoms with E-state index in [1.54, 1.807) is 12.1 Å². The standard InChI is InChI=1S/C25H31FN4O3/c1-18-4-3-5-22(27-18)29-12-14-30(15-13-29)24(32)9-11-25(10-8-23(31)28-25)17-19-6-7-20(26)21(16-19)33-2/h3-7,16H,8-15,17H2,1-2H3,(H,28,31). The number of aryl methyl sites for hydroxylation is 1. The van der Waals surface area contributed by atoms with Crippen molar-refractivity contribution in [1.82, 2.24) is 15.2 Å². The van der Waals surface area contributed by atoms with Crippen LogP contribution in [0.4, 0.5) is 10.2 Å². The molecule has 3 heterocycles. The molecule has 2 aromatic rings. The van der Waals surface area contributed by atoms with E-state index in [0.29, 0.717) is 45.2 Å². The maximum Gasteiger partial charge on any atom is 0.222 e. The maximum absolute atomic E-state index is 13.8. The first-order valence-corrected chi connectivity index (χ1v) is 11.5. The van der Waals surface area contributed by atoms with Gasteiger partial charge in [-0.15, -0.1) is 0 Å². The summed E-state index contributed by atoms with van der Waals surface area (Å²) in [6.07, 6.45) is 2.55. The van der Waals surface area contributed by atoms with Crippen LogP contribution in [0.5, 0.6) is 5.75 Å². The van der Waals surface area contributed by atoms with Crippen molar-refractivity contribution in [2.45, 2.75) is 44.6 Å². The molecular formula is C25H31FN4O3. The minimum atomic E-state index is -0.497. The predicted molar refractivity (Wildman–Crippen MR) is 124 cm³/mol. The number of methoxy groups -OCH3 is 1. The van der Waals surface area contributed by atoms with Crippen LogP contribution in [0.1, 0.15) is 36.9 Å². The number of nitrogens with zero attached hydrogens (tertiary/aromatic N) is 3. The molecule has 2 aliphatic heterocycles. The van der Waals surface area contributed by atoms with Crippen LogP contribution < -0.4 is 15.0 Å². The highest BCUT2D eigenvalue weighted by atomic mass is 19.1. The number of nitrogens with one attached hydrogen (secondary N) is 1. The molecule has 0 bridgehead atoms. The molecule has 1 aromatic heterocycles. The summed E-state index contributed by atoms with van der Waals surface area (Å²) in [6, 6.07) is 10.7. The van der Waals surface area contributed by atoms with Crippen LogP contribution in [0.15, 0.2) is 36.4 Å². The van der Waals surface area contributed by atoms with Crippen molar-refractivity contribution in [2.75, 3.05) is 38.2 Å². The number of ether oxygens (including phenoxy) is 1. The molecule has 0 spiro atoms. The van der Waals surface area contributed by atoms with E-state index in [4.69, 9.17) is 4.74 Å². The van der Waals surface area contributed by atoms with E-state index in [1.165, 1.54) is 13.2 Å². The SMILES string of the molecule is COc1cc(CC2(CCC(=O)N3CCN(c4cccc(C)n4)CC3)CCC(=O)N2)ccc1F. The summed E-state index contributed by atoms with van der Waals surface area (Å²) in [5.74, 6) is 0.814. The number of pyridine rings is 1. The van der Waals surface area contributed by atoms with E-state index in [-0.39, 0.29) is 17.6 Å². The quantitative estimate of drug-likeness (QED) is 0.697. The molecule has 0 aliphatic carbocycles. The van der Waals surface area contributed by atoms with Gasteiger partial charge in [0.25, 0.3) is 0 Å². The highest BCUT2D eigenvalue weighted by molar-refractivity contribution is 5.80. The molecule has 176 valence electrons. The Morgan fingerprint density at radius 2 is 2.00 bits per heavy atom. The molecule has 8 heteroatoms. The van der Waals surface area contributed by atoms with Crippen LogP contribution in [-0.4, -0.2) is 60.5 Å². The van der Waals surface area contributed by atoms with Gasteiger partial charge in [0.05, 0.1) is 7.11 Å². The minimum Gasteiger partial charge on any atom is -0.494 e. The van der Waals surface area contributed by atoms with E-state index in [2.05, 4.69) is 15.2 Å². The lowest BCUT2D eigenvalue weighted by atomic mass is 9.84. The number of hydrogen-bond acceptors (Lipinski definition) is 5. The Bertz CT molecular complexity index is 1020. The third-order valence-corrected chi connectivity index (χ3v) is 6.64. The molecule has 2 saturated heterocycles. The zero-order valence-corrected chi connectivity index (χ0v) is 19.3. The molecule has 2 fully saturated rings. The number of amides is 2. The second-order valence-corrected chi connectivity index (χ2v) is 8.98. The lowest BCUT2D eigenvalue weighted by molar-refractivity contribution is -0.132.